The Bertz CT molecular complexity index is 1010. The molecule has 2 rings (SSSR count). The Morgan fingerprint density at radius 3 is 2.21 bits per heavy atom. The second kappa shape index (κ2) is 17.5. The first-order valence-corrected chi connectivity index (χ1v) is 14.3. The van der Waals surface area contributed by atoms with E-state index >= 15 is 0 Å². The Balaban J connectivity index is 0.000000654. The molecule has 212 valence electrons. The van der Waals surface area contributed by atoms with E-state index in [2.05, 4.69) is 49.4 Å². The molecule has 9 heteroatoms. The molecule has 8 nitrogen and oxygen atoms in total. The van der Waals surface area contributed by atoms with Gasteiger partial charge in [0, 0.05) is 36.3 Å². The molecule has 38 heavy (non-hydrogen) atoms. The first-order valence-electron chi connectivity index (χ1n) is 13.1. The standard InChI is InChI=1S/C14H22N2O.C12H17N3O2S.C3H8/c1-10(2)15-11-7-6-8-12(9-11)16-13(17)14(3,4)5;1-5-15(9(3)16)12(18-4)10(6-13)11-14-8(2)7-17-11;1-3-2/h6-10,15H,1-5H3,(H,16,17);8H,5,7H2,1-4H3;3H2,1-2H3/b;12-10-;. The maximum atomic E-state index is 11.8. The number of nitriles is 1. The van der Waals surface area contributed by atoms with Crippen LogP contribution < -0.4 is 10.6 Å². The molecular formula is C29H47N5O3S. The minimum Gasteiger partial charge on any atom is -0.475 e. The fraction of sp³-hybridized carbons (Fsp3) is 0.586. The second-order valence-corrected chi connectivity index (χ2v) is 10.9. The zero-order valence-electron chi connectivity index (χ0n) is 25.1. The topological polar surface area (TPSA) is 107 Å². The van der Waals surface area contributed by atoms with Gasteiger partial charge in [-0.15, -0.1) is 11.8 Å². The molecule has 1 aromatic rings. The van der Waals surface area contributed by atoms with E-state index in [4.69, 9.17) is 4.74 Å². The third-order valence-electron chi connectivity index (χ3n) is 4.73. The number of nitrogens with one attached hydrogen (secondary N) is 2. The summed E-state index contributed by atoms with van der Waals surface area (Å²) in [5.41, 5.74) is 1.81. The third kappa shape index (κ3) is 12.5. The van der Waals surface area contributed by atoms with Crippen LogP contribution in [0.25, 0.3) is 0 Å². The van der Waals surface area contributed by atoms with Crippen molar-refractivity contribution in [1.29, 1.82) is 5.26 Å². The zero-order chi connectivity index (χ0) is 29.5. The van der Waals surface area contributed by atoms with Crippen LogP contribution in [0.4, 0.5) is 11.4 Å². The Hall–Kier alpha value is -2.99. The Labute approximate surface area is 234 Å². The van der Waals surface area contributed by atoms with E-state index in [1.165, 1.54) is 25.1 Å². The van der Waals surface area contributed by atoms with Crippen molar-refractivity contribution in [2.45, 2.75) is 87.7 Å². The van der Waals surface area contributed by atoms with E-state index < -0.39 is 0 Å². The van der Waals surface area contributed by atoms with Crippen molar-refractivity contribution >= 4 is 40.8 Å². The molecule has 0 bridgehead atoms. The van der Waals surface area contributed by atoms with Gasteiger partial charge in [-0.1, -0.05) is 47.1 Å². The third-order valence-corrected chi connectivity index (χ3v) is 5.54. The SMILES string of the molecule is CC(C)Nc1cccc(NC(=O)C(C)(C)C)c1.CCC.CCN(C(C)=O)/C(SC)=C(\C#N)C1=NC(C)CO1. The molecule has 0 saturated heterocycles. The summed E-state index contributed by atoms with van der Waals surface area (Å²) in [7, 11) is 0. The van der Waals surface area contributed by atoms with Crippen molar-refractivity contribution in [3.8, 4) is 6.07 Å². The first-order chi connectivity index (χ1) is 17.7. The number of benzene rings is 1. The van der Waals surface area contributed by atoms with Crippen molar-refractivity contribution in [1.82, 2.24) is 4.90 Å². The number of thioether (sulfide) groups is 1. The predicted octanol–water partition coefficient (Wildman–Crippen LogP) is 6.68. The highest BCUT2D eigenvalue weighted by Crippen LogP contribution is 2.25. The monoisotopic (exact) mass is 545 g/mol. The number of ether oxygens (including phenoxy) is 1. The fourth-order valence-electron chi connectivity index (χ4n) is 2.99. The van der Waals surface area contributed by atoms with Gasteiger partial charge in [0.25, 0.3) is 0 Å². The Morgan fingerprint density at radius 2 is 1.82 bits per heavy atom. The van der Waals surface area contributed by atoms with Gasteiger partial charge >= 0.3 is 0 Å². The molecule has 1 heterocycles. The summed E-state index contributed by atoms with van der Waals surface area (Å²) in [6, 6.07) is 10.3. The molecule has 1 unspecified atom stereocenters. The Morgan fingerprint density at radius 1 is 1.24 bits per heavy atom. The lowest BCUT2D eigenvalue weighted by molar-refractivity contribution is -0.126. The number of aliphatic imine (C=N–C) groups is 1. The average molecular weight is 546 g/mol. The minimum absolute atomic E-state index is 0.0270. The van der Waals surface area contributed by atoms with Gasteiger partial charge < -0.3 is 20.3 Å². The van der Waals surface area contributed by atoms with Crippen molar-refractivity contribution in [2.24, 2.45) is 10.4 Å². The first kappa shape index (κ1) is 35.0. The maximum absolute atomic E-state index is 11.8. The van der Waals surface area contributed by atoms with Crippen LogP contribution >= 0.6 is 11.8 Å². The van der Waals surface area contributed by atoms with E-state index in [0.717, 1.165) is 11.4 Å². The van der Waals surface area contributed by atoms with Gasteiger partial charge in [-0.25, -0.2) is 4.99 Å². The molecule has 1 aromatic carbocycles. The van der Waals surface area contributed by atoms with Gasteiger partial charge in [0.05, 0.1) is 6.04 Å². The summed E-state index contributed by atoms with van der Waals surface area (Å²) in [5, 5.41) is 16.1. The summed E-state index contributed by atoms with van der Waals surface area (Å²) in [4.78, 5) is 29.2. The summed E-state index contributed by atoms with van der Waals surface area (Å²) in [6.07, 6.45) is 3.08. The molecule has 1 aliphatic rings. The van der Waals surface area contributed by atoms with Crippen LogP contribution in [-0.2, 0) is 14.3 Å². The molecular weight excluding hydrogens is 498 g/mol. The molecule has 1 atom stereocenters. The van der Waals surface area contributed by atoms with Gasteiger partial charge in [-0.2, -0.15) is 5.26 Å². The van der Waals surface area contributed by atoms with Crippen LogP contribution in [0, 0.1) is 16.7 Å². The highest BCUT2D eigenvalue weighted by atomic mass is 32.2. The lowest BCUT2D eigenvalue weighted by atomic mass is 9.95. The van der Waals surface area contributed by atoms with Crippen LogP contribution in [0.2, 0.25) is 0 Å². The number of nitrogens with zero attached hydrogens (tertiary/aromatic N) is 3. The molecule has 0 aliphatic carbocycles. The number of hydrogen-bond donors (Lipinski definition) is 2. The van der Waals surface area contributed by atoms with Crippen LogP contribution in [0.5, 0.6) is 0 Å². The second-order valence-electron chi connectivity index (χ2n) is 10.1. The molecule has 1 aliphatic heterocycles. The molecule has 0 fully saturated rings. The average Bonchev–Trinajstić information content (AvgIpc) is 3.24. The van der Waals surface area contributed by atoms with Crippen LogP contribution in [0.3, 0.4) is 0 Å². The number of amides is 2. The van der Waals surface area contributed by atoms with E-state index in [1.54, 1.807) is 4.90 Å². The number of rotatable bonds is 7. The number of anilines is 2. The van der Waals surface area contributed by atoms with E-state index in [9.17, 15) is 14.9 Å². The number of hydrogen-bond acceptors (Lipinski definition) is 7. The Kier molecular flexibility index (Phi) is 16.1. The van der Waals surface area contributed by atoms with E-state index in [0.29, 0.717) is 35.7 Å². The molecule has 0 saturated carbocycles. The van der Waals surface area contributed by atoms with Crippen LogP contribution in [0.15, 0.2) is 39.9 Å². The molecule has 0 spiro atoms. The quantitative estimate of drug-likeness (QED) is 0.370. The smallest absolute Gasteiger partial charge is 0.230 e. The van der Waals surface area contributed by atoms with Crippen LogP contribution in [-0.4, -0.2) is 54.1 Å². The largest absolute Gasteiger partial charge is 0.475 e. The van der Waals surface area contributed by atoms with Crippen molar-refractivity contribution in [2.75, 3.05) is 30.0 Å². The zero-order valence-corrected chi connectivity index (χ0v) is 25.9. The van der Waals surface area contributed by atoms with Gasteiger partial charge in [0.15, 0.2) is 0 Å². The summed E-state index contributed by atoms with van der Waals surface area (Å²) < 4.78 is 5.39. The number of carbonyl (C=O) groups excluding carboxylic acids is 2. The molecule has 2 amide bonds. The number of carbonyl (C=O) groups is 2. The van der Waals surface area contributed by atoms with Crippen molar-refractivity contribution < 1.29 is 14.3 Å². The van der Waals surface area contributed by atoms with E-state index in [1.807, 2.05) is 65.1 Å². The lowest BCUT2D eigenvalue weighted by Crippen LogP contribution is -2.28. The minimum atomic E-state index is -0.374. The maximum Gasteiger partial charge on any atom is 0.230 e. The van der Waals surface area contributed by atoms with Crippen molar-refractivity contribution in [3.63, 3.8) is 0 Å². The molecule has 2 N–H and O–H groups in total. The van der Waals surface area contributed by atoms with Crippen molar-refractivity contribution in [3.05, 3.63) is 34.9 Å². The highest BCUT2D eigenvalue weighted by Gasteiger charge is 2.25. The van der Waals surface area contributed by atoms with Gasteiger partial charge in [-0.05, 0) is 52.1 Å². The van der Waals surface area contributed by atoms with Gasteiger partial charge in [0.1, 0.15) is 23.3 Å². The summed E-state index contributed by atoms with van der Waals surface area (Å²) >= 11 is 1.35. The van der Waals surface area contributed by atoms with Gasteiger partial charge in [-0.3, -0.25) is 9.59 Å². The lowest BCUT2D eigenvalue weighted by Gasteiger charge is -2.22. The summed E-state index contributed by atoms with van der Waals surface area (Å²) in [6.45, 7) is 20.4. The normalized spacial score (nSPS) is 14.8. The predicted molar refractivity (Wildman–Crippen MR) is 161 cm³/mol. The van der Waals surface area contributed by atoms with E-state index in [-0.39, 0.29) is 23.3 Å². The highest BCUT2D eigenvalue weighted by molar-refractivity contribution is 8.02. The fourth-order valence-corrected chi connectivity index (χ4v) is 3.81. The molecule has 0 aromatic heterocycles. The summed E-state index contributed by atoms with van der Waals surface area (Å²) in [5.74, 6) is 0.273. The van der Waals surface area contributed by atoms with Crippen LogP contribution in [0.1, 0.15) is 75.7 Å². The van der Waals surface area contributed by atoms with Gasteiger partial charge in [0.2, 0.25) is 17.7 Å². The molecule has 0 radical (unpaired) electrons.